The van der Waals surface area contributed by atoms with Crippen LogP contribution in [0.25, 0.3) is 0 Å². The number of esters is 1. The van der Waals surface area contributed by atoms with E-state index >= 15 is 0 Å². The highest BCUT2D eigenvalue weighted by molar-refractivity contribution is 5.99. The van der Waals surface area contributed by atoms with E-state index in [-0.39, 0.29) is 35.7 Å². The molecule has 3 rings (SSSR count). The van der Waals surface area contributed by atoms with E-state index in [1.807, 2.05) is 13.8 Å². The second-order valence-corrected chi connectivity index (χ2v) is 7.44. The molecule has 164 valence electrons. The van der Waals surface area contributed by atoms with Gasteiger partial charge in [-0.25, -0.2) is 4.79 Å². The maximum atomic E-state index is 12.7. The molecule has 0 bridgehead atoms. The van der Waals surface area contributed by atoms with Crippen molar-refractivity contribution in [1.82, 2.24) is 10.2 Å². The second-order valence-electron chi connectivity index (χ2n) is 7.44. The van der Waals surface area contributed by atoms with Crippen molar-refractivity contribution in [3.63, 3.8) is 0 Å². The van der Waals surface area contributed by atoms with E-state index in [2.05, 4.69) is 5.32 Å². The number of amides is 2. The zero-order valence-corrected chi connectivity index (χ0v) is 17.7. The van der Waals surface area contributed by atoms with Crippen molar-refractivity contribution in [1.29, 1.82) is 0 Å². The summed E-state index contributed by atoms with van der Waals surface area (Å²) in [6.07, 6.45) is 0.413. The van der Waals surface area contributed by atoms with E-state index in [1.54, 1.807) is 12.1 Å². The Balaban J connectivity index is 1.76. The van der Waals surface area contributed by atoms with Crippen LogP contribution >= 0.6 is 0 Å². The quantitative estimate of drug-likeness (QED) is 0.480. The molecule has 0 aliphatic carbocycles. The minimum Gasteiger partial charge on any atom is -0.493 e. The van der Waals surface area contributed by atoms with Crippen molar-refractivity contribution in [3.05, 3.63) is 23.3 Å². The molecule has 1 fully saturated rings. The highest BCUT2D eigenvalue weighted by Crippen LogP contribution is 2.45. The van der Waals surface area contributed by atoms with Crippen LogP contribution in [0.3, 0.4) is 0 Å². The summed E-state index contributed by atoms with van der Waals surface area (Å²) in [5.74, 6) is -0.482. The zero-order chi connectivity index (χ0) is 21.8. The zero-order valence-electron chi connectivity index (χ0n) is 17.7. The van der Waals surface area contributed by atoms with E-state index in [9.17, 15) is 14.4 Å². The maximum Gasteiger partial charge on any atom is 0.344 e. The van der Waals surface area contributed by atoms with Gasteiger partial charge in [-0.3, -0.25) is 14.5 Å². The highest BCUT2D eigenvalue weighted by atomic mass is 16.6. The summed E-state index contributed by atoms with van der Waals surface area (Å²) < 4.78 is 21.5. The van der Waals surface area contributed by atoms with E-state index in [0.717, 1.165) is 0 Å². The molecule has 9 heteroatoms. The third-order valence-electron chi connectivity index (χ3n) is 5.15. The van der Waals surface area contributed by atoms with Crippen molar-refractivity contribution in [2.75, 3.05) is 27.4 Å². The first-order valence-corrected chi connectivity index (χ1v) is 10.0. The third kappa shape index (κ3) is 4.21. The number of ether oxygens (including phenoxy) is 4. The highest BCUT2D eigenvalue weighted by Gasteiger charge is 2.47. The molecule has 0 spiro atoms. The molecule has 1 aromatic carbocycles. The Morgan fingerprint density at radius 3 is 2.70 bits per heavy atom. The number of carbonyl (C=O) groups is 3. The fourth-order valence-corrected chi connectivity index (χ4v) is 3.76. The standard InChI is InChI=1S/C21H28N2O7/c1-12(2)29-11-5-10-22-19(25)14-7-9-16(24)23(14)20-13-6-8-15(27-3)18(28-4)17(13)21(26)30-20/h6,8,12,14,20H,5,7,9-11H2,1-4H3,(H,22,25)/t14-,20+/m0/s1. The number of carbonyl (C=O) groups excluding carboxylic acids is 3. The number of methoxy groups -OCH3 is 2. The van der Waals surface area contributed by atoms with Gasteiger partial charge in [0.15, 0.2) is 11.5 Å². The lowest BCUT2D eigenvalue weighted by atomic mass is 10.1. The van der Waals surface area contributed by atoms with Gasteiger partial charge in [0.05, 0.1) is 20.3 Å². The molecule has 9 nitrogen and oxygen atoms in total. The minimum absolute atomic E-state index is 0.136. The summed E-state index contributed by atoms with van der Waals surface area (Å²) >= 11 is 0. The number of cyclic esters (lactones) is 1. The summed E-state index contributed by atoms with van der Waals surface area (Å²) in [5.41, 5.74) is 0.697. The Kier molecular flexibility index (Phi) is 6.81. The molecule has 0 aromatic heterocycles. The molecule has 1 aromatic rings. The smallest absolute Gasteiger partial charge is 0.344 e. The van der Waals surface area contributed by atoms with Crippen LogP contribution in [-0.2, 0) is 19.1 Å². The van der Waals surface area contributed by atoms with Crippen molar-refractivity contribution < 1.29 is 33.3 Å². The summed E-state index contributed by atoms with van der Waals surface area (Å²) in [4.78, 5) is 39.3. The maximum absolute atomic E-state index is 12.7. The Morgan fingerprint density at radius 2 is 2.03 bits per heavy atom. The molecular weight excluding hydrogens is 392 g/mol. The Hall–Kier alpha value is -2.81. The van der Waals surface area contributed by atoms with Gasteiger partial charge < -0.3 is 24.3 Å². The summed E-state index contributed by atoms with van der Waals surface area (Å²) in [5, 5.41) is 2.85. The first kappa shape index (κ1) is 21.9. The average molecular weight is 420 g/mol. The Labute approximate surface area is 175 Å². The fourth-order valence-electron chi connectivity index (χ4n) is 3.76. The van der Waals surface area contributed by atoms with Gasteiger partial charge in [-0.15, -0.1) is 0 Å². The van der Waals surface area contributed by atoms with Crippen LogP contribution in [0.5, 0.6) is 11.5 Å². The van der Waals surface area contributed by atoms with Gasteiger partial charge in [0.2, 0.25) is 18.0 Å². The summed E-state index contributed by atoms with van der Waals surface area (Å²) in [6.45, 7) is 4.88. The van der Waals surface area contributed by atoms with Crippen LogP contribution in [0, 0.1) is 0 Å². The number of likely N-dealkylation sites (tertiary alicyclic amines) is 1. The number of benzene rings is 1. The lowest BCUT2D eigenvalue weighted by molar-refractivity contribution is -0.145. The molecule has 2 aliphatic heterocycles. The minimum atomic E-state index is -0.970. The number of hydrogen-bond donors (Lipinski definition) is 1. The third-order valence-corrected chi connectivity index (χ3v) is 5.15. The number of hydrogen-bond acceptors (Lipinski definition) is 7. The topological polar surface area (TPSA) is 103 Å². The number of fused-ring (bicyclic) bond motifs is 1. The summed E-state index contributed by atoms with van der Waals surface area (Å²) in [7, 11) is 2.90. The van der Waals surface area contributed by atoms with Gasteiger partial charge in [-0.05, 0) is 38.8 Å². The fraction of sp³-hybridized carbons (Fsp3) is 0.571. The molecule has 1 saturated heterocycles. The molecule has 2 atom stereocenters. The Morgan fingerprint density at radius 1 is 1.27 bits per heavy atom. The molecule has 2 amide bonds. The van der Waals surface area contributed by atoms with Crippen LogP contribution in [0.1, 0.15) is 55.3 Å². The van der Waals surface area contributed by atoms with Crippen LogP contribution in [0.2, 0.25) is 0 Å². The number of nitrogens with zero attached hydrogens (tertiary/aromatic N) is 1. The van der Waals surface area contributed by atoms with Crippen molar-refractivity contribution in [2.45, 2.75) is 51.5 Å². The average Bonchev–Trinajstić information content (AvgIpc) is 3.26. The van der Waals surface area contributed by atoms with Gasteiger partial charge in [0.25, 0.3) is 0 Å². The van der Waals surface area contributed by atoms with E-state index in [0.29, 0.717) is 37.3 Å². The van der Waals surface area contributed by atoms with Gasteiger partial charge >= 0.3 is 5.97 Å². The summed E-state index contributed by atoms with van der Waals surface area (Å²) in [6, 6.07) is 2.60. The monoisotopic (exact) mass is 420 g/mol. The largest absolute Gasteiger partial charge is 0.493 e. The first-order valence-electron chi connectivity index (χ1n) is 10.0. The molecule has 0 saturated carbocycles. The van der Waals surface area contributed by atoms with Crippen LogP contribution < -0.4 is 14.8 Å². The molecule has 2 heterocycles. The Bertz CT molecular complexity index is 824. The van der Waals surface area contributed by atoms with Crippen LogP contribution in [0.15, 0.2) is 12.1 Å². The van der Waals surface area contributed by atoms with Crippen molar-refractivity contribution >= 4 is 17.8 Å². The van der Waals surface area contributed by atoms with Gasteiger partial charge in [-0.1, -0.05) is 0 Å². The van der Waals surface area contributed by atoms with E-state index in [4.69, 9.17) is 18.9 Å². The van der Waals surface area contributed by atoms with Gasteiger partial charge in [0.1, 0.15) is 11.6 Å². The molecule has 1 N–H and O–H groups in total. The molecule has 0 unspecified atom stereocenters. The first-order chi connectivity index (χ1) is 14.4. The van der Waals surface area contributed by atoms with Crippen LogP contribution in [-0.4, -0.2) is 62.2 Å². The SMILES string of the molecule is COc1ccc2c(c1OC)C(=O)O[C@H]2N1C(=O)CC[C@H]1C(=O)NCCCOC(C)C. The van der Waals surface area contributed by atoms with E-state index in [1.165, 1.54) is 19.1 Å². The molecule has 0 radical (unpaired) electrons. The van der Waals surface area contributed by atoms with E-state index < -0.39 is 18.2 Å². The lowest BCUT2D eigenvalue weighted by Crippen LogP contribution is -2.46. The van der Waals surface area contributed by atoms with Crippen molar-refractivity contribution in [3.8, 4) is 11.5 Å². The predicted molar refractivity (Wildman–Crippen MR) is 106 cm³/mol. The van der Waals surface area contributed by atoms with Crippen LogP contribution in [0.4, 0.5) is 0 Å². The molecular formula is C21H28N2O7. The molecule has 30 heavy (non-hydrogen) atoms. The van der Waals surface area contributed by atoms with Gasteiger partial charge in [-0.2, -0.15) is 0 Å². The van der Waals surface area contributed by atoms with Gasteiger partial charge in [0, 0.05) is 25.1 Å². The second kappa shape index (κ2) is 9.34. The number of rotatable bonds is 9. The number of nitrogens with one attached hydrogen (secondary N) is 1. The van der Waals surface area contributed by atoms with Crippen molar-refractivity contribution in [2.24, 2.45) is 0 Å². The molecule has 2 aliphatic rings. The normalized spacial score (nSPS) is 20.4. The lowest BCUT2D eigenvalue weighted by Gasteiger charge is -2.29. The predicted octanol–water partition coefficient (Wildman–Crippen LogP) is 1.80.